The number of carbonyl (C=O) groups is 1. The molecule has 0 saturated carbocycles. The highest BCUT2D eigenvalue weighted by molar-refractivity contribution is 7.91. The van der Waals surface area contributed by atoms with Gasteiger partial charge in [-0.05, 0) is 42.7 Å². The Bertz CT molecular complexity index is 853. The predicted octanol–water partition coefficient (Wildman–Crippen LogP) is 3.41. The Hall–Kier alpha value is -1.70. The summed E-state index contributed by atoms with van der Waals surface area (Å²) in [5.74, 6) is 0.120. The Morgan fingerprint density at radius 3 is 2.48 bits per heavy atom. The Kier molecular flexibility index (Phi) is 6.34. The van der Waals surface area contributed by atoms with Crippen LogP contribution in [-0.2, 0) is 21.4 Å². The highest BCUT2D eigenvalue weighted by atomic mass is 32.2. The Labute approximate surface area is 165 Å². The molecule has 1 saturated heterocycles. The summed E-state index contributed by atoms with van der Waals surface area (Å²) in [7, 11) is -3.39. The third-order valence-corrected chi connectivity index (χ3v) is 8.57. The quantitative estimate of drug-likeness (QED) is 0.799. The maximum absolute atomic E-state index is 12.6. The van der Waals surface area contributed by atoms with Gasteiger partial charge in [0.25, 0.3) is 10.0 Å². The first-order chi connectivity index (χ1) is 12.9. The number of piperidine rings is 1. The van der Waals surface area contributed by atoms with Crippen LogP contribution in [0.15, 0.2) is 46.0 Å². The second-order valence-electron chi connectivity index (χ2n) is 7.17. The minimum Gasteiger partial charge on any atom is -0.352 e. The number of hydrogen-bond acceptors (Lipinski definition) is 4. The van der Waals surface area contributed by atoms with Gasteiger partial charge in [0.1, 0.15) is 4.21 Å². The van der Waals surface area contributed by atoms with Crippen molar-refractivity contribution in [3.63, 3.8) is 0 Å². The topological polar surface area (TPSA) is 66.5 Å². The first kappa shape index (κ1) is 20.0. The van der Waals surface area contributed by atoms with E-state index >= 15 is 0 Å². The summed E-state index contributed by atoms with van der Waals surface area (Å²) in [6.45, 7) is 5.45. The van der Waals surface area contributed by atoms with Gasteiger partial charge in [0.2, 0.25) is 5.91 Å². The number of amides is 1. The van der Waals surface area contributed by atoms with Crippen molar-refractivity contribution in [3.8, 4) is 0 Å². The van der Waals surface area contributed by atoms with E-state index in [0.717, 1.165) is 5.56 Å². The van der Waals surface area contributed by atoms with Gasteiger partial charge in [-0.15, -0.1) is 11.3 Å². The average molecular weight is 407 g/mol. The number of nitrogens with zero attached hydrogens (tertiary/aromatic N) is 1. The van der Waals surface area contributed by atoms with Gasteiger partial charge in [-0.2, -0.15) is 4.31 Å². The molecule has 0 bridgehead atoms. The van der Waals surface area contributed by atoms with Crippen LogP contribution in [0.5, 0.6) is 0 Å². The number of benzene rings is 1. The lowest BCUT2D eigenvalue weighted by molar-refractivity contribution is -0.126. The molecule has 1 aromatic heterocycles. The molecule has 1 aromatic carbocycles. The van der Waals surface area contributed by atoms with Gasteiger partial charge in [0, 0.05) is 25.6 Å². The van der Waals surface area contributed by atoms with Crippen molar-refractivity contribution in [2.75, 3.05) is 13.1 Å². The number of sulfonamides is 1. The highest BCUT2D eigenvalue weighted by Crippen LogP contribution is 2.29. The first-order valence-corrected chi connectivity index (χ1v) is 11.6. The van der Waals surface area contributed by atoms with E-state index in [1.807, 2.05) is 38.1 Å². The zero-order valence-corrected chi connectivity index (χ0v) is 17.4. The van der Waals surface area contributed by atoms with E-state index in [1.165, 1.54) is 16.9 Å². The van der Waals surface area contributed by atoms with Crippen molar-refractivity contribution in [1.82, 2.24) is 9.62 Å². The monoisotopic (exact) mass is 406 g/mol. The van der Waals surface area contributed by atoms with Crippen LogP contribution >= 0.6 is 11.3 Å². The second kappa shape index (κ2) is 8.54. The molecule has 0 radical (unpaired) electrons. The molecule has 146 valence electrons. The molecule has 1 aliphatic heterocycles. The van der Waals surface area contributed by atoms with E-state index in [1.54, 1.807) is 21.8 Å². The number of aryl methyl sites for hydroxylation is 1. The third-order valence-electron chi connectivity index (χ3n) is 5.30. The smallest absolute Gasteiger partial charge is 0.252 e. The van der Waals surface area contributed by atoms with Crippen LogP contribution in [0.4, 0.5) is 0 Å². The van der Waals surface area contributed by atoms with Crippen LogP contribution in [-0.4, -0.2) is 31.7 Å². The van der Waals surface area contributed by atoms with Gasteiger partial charge >= 0.3 is 0 Å². The number of nitrogens with one attached hydrogen (secondary N) is 1. The van der Waals surface area contributed by atoms with E-state index in [2.05, 4.69) is 5.32 Å². The predicted molar refractivity (Wildman–Crippen MR) is 108 cm³/mol. The van der Waals surface area contributed by atoms with Crippen LogP contribution in [0.1, 0.15) is 30.9 Å². The van der Waals surface area contributed by atoms with Crippen LogP contribution in [0.2, 0.25) is 0 Å². The molecule has 1 aliphatic rings. The van der Waals surface area contributed by atoms with E-state index in [-0.39, 0.29) is 17.7 Å². The van der Waals surface area contributed by atoms with E-state index < -0.39 is 10.0 Å². The minimum atomic E-state index is -3.39. The molecule has 1 N–H and O–H groups in total. The molecular weight excluding hydrogens is 380 g/mol. The molecule has 2 heterocycles. The molecule has 1 atom stereocenters. The van der Waals surface area contributed by atoms with Gasteiger partial charge in [-0.25, -0.2) is 8.42 Å². The minimum absolute atomic E-state index is 0.0372. The lowest BCUT2D eigenvalue weighted by Crippen LogP contribution is -2.42. The molecule has 27 heavy (non-hydrogen) atoms. The SMILES string of the molecule is Cc1ccc(CNC(=O)[C@@H](C)C2CCN(S(=O)(=O)c3cccs3)CC2)cc1. The zero-order valence-electron chi connectivity index (χ0n) is 15.7. The maximum Gasteiger partial charge on any atom is 0.252 e. The van der Waals surface area contributed by atoms with Crippen molar-refractivity contribution in [2.45, 2.75) is 37.4 Å². The molecule has 1 amide bonds. The van der Waals surface area contributed by atoms with Crippen LogP contribution in [0.25, 0.3) is 0 Å². The van der Waals surface area contributed by atoms with Crippen molar-refractivity contribution in [3.05, 3.63) is 52.9 Å². The van der Waals surface area contributed by atoms with Gasteiger partial charge in [-0.3, -0.25) is 4.79 Å². The van der Waals surface area contributed by atoms with E-state index in [4.69, 9.17) is 0 Å². The van der Waals surface area contributed by atoms with Crippen LogP contribution < -0.4 is 5.32 Å². The second-order valence-corrected chi connectivity index (χ2v) is 10.3. The fraction of sp³-hybridized carbons (Fsp3) is 0.450. The standard InChI is InChI=1S/C20H26N2O3S2/c1-15-5-7-17(8-6-15)14-21-20(23)16(2)18-9-11-22(12-10-18)27(24,25)19-4-3-13-26-19/h3-8,13,16,18H,9-12,14H2,1-2H3,(H,21,23)/t16-/m0/s1. The molecule has 0 aliphatic carbocycles. The van der Waals surface area contributed by atoms with Gasteiger partial charge < -0.3 is 5.32 Å². The highest BCUT2D eigenvalue weighted by Gasteiger charge is 2.33. The fourth-order valence-corrected chi connectivity index (χ4v) is 6.04. The summed E-state index contributed by atoms with van der Waals surface area (Å²) in [6.07, 6.45) is 1.42. The number of carbonyl (C=O) groups excluding carboxylic acids is 1. The lowest BCUT2D eigenvalue weighted by atomic mass is 9.85. The summed E-state index contributed by atoms with van der Waals surface area (Å²) in [4.78, 5) is 12.5. The fourth-order valence-electron chi connectivity index (χ4n) is 3.42. The number of thiophene rings is 1. The van der Waals surface area contributed by atoms with E-state index in [9.17, 15) is 13.2 Å². The summed E-state index contributed by atoms with van der Waals surface area (Å²) < 4.78 is 27.1. The normalized spacial score (nSPS) is 17.6. The summed E-state index contributed by atoms with van der Waals surface area (Å²) in [5.41, 5.74) is 2.28. The third kappa shape index (κ3) is 4.78. The maximum atomic E-state index is 12.6. The summed E-state index contributed by atoms with van der Waals surface area (Å²) >= 11 is 1.25. The number of rotatable bonds is 6. The van der Waals surface area contributed by atoms with E-state index in [0.29, 0.717) is 36.7 Å². The first-order valence-electron chi connectivity index (χ1n) is 9.25. The Morgan fingerprint density at radius 2 is 1.89 bits per heavy atom. The van der Waals surface area contributed by atoms with Crippen molar-refractivity contribution in [2.24, 2.45) is 11.8 Å². The van der Waals surface area contributed by atoms with Gasteiger partial charge in [0.05, 0.1) is 0 Å². The zero-order chi connectivity index (χ0) is 19.4. The van der Waals surface area contributed by atoms with Crippen molar-refractivity contribution in [1.29, 1.82) is 0 Å². The molecule has 2 aromatic rings. The van der Waals surface area contributed by atoms with Crippen LogP contribution in [0, 0.1) is 18.8 Å². The average Bonchev–Trinajstić information content (AvgIpc) is 3.22. The molecule has 1 fully saturated rings. The summed E-state index contributed by atoms with van der Waals surface area (Å²) in [5, 5.41) is 4.79. The molecule has 0 unspecified atom stereocenters. The van der Waals surface area contributed by atoms with Crippen LogP contribution in [0.3, 0.4) is 0 Å². The van der Waals surface area contributed by atoms with Gasteiger partial charge in [-0.1, -0.05) is 42.8 Å². The molecule has 0 spiro atoms. The Balaban J connectivity index is 1.51. The lowest BCUT2D eigenvalue weighted by Gasteiger charge is -2.33. The molecule has 7 heteroatoms. The van der Waals surface area contributed by atoms with Gasteiger partial charge in [0.15, 0.2) is 0 Å². The number of hydrogen-bond donors (Lipinski definition) is 1. The molecule has 3 rings (SSSR count). The Morgan fingerprint density at radius 1 is 1.22 bits per heavy atom. The van der Waals surface area contributed by atoms with Crippen molar-refractivity contribution < 1.29 is 13.2 Å². The molecular formula is C20H26N2O3S2. The largest absolute Gasteiger partial charge is 0.352 e. The van der Waals surface area contributed by atoms with Crippen molar-refractivity contribution >= 4 is 27.3 Å². The summed E-state index contributed by atoms with van der Waals surface area (Å²) in [6, 6.07) is 11.5. The molecule has 5 nitrogen and oxygen atoms in total.